The molecule has 0 aliphatic carbocycles. The molecule has 110 valence electrons. The number of hydrogen-bond donors (Lipinski definition) is 1. The summed E-state index contributed by atoms with van der Waals surface area (Å²) in [6, 6.07) is 0. The molecule has 1 heterocycles. The zero-order valence-corrected chi connectivity index (χ0v) is 12.8. The van der Waals surface area contributed by atoms with Crippen molar-refractivity contribution in [3.05, 3.63) is 0 Å². The summed E-state index contributed by atoms with van der Waals surface area (Å²) >= 11 is 0. The SMILES string of the molecule is CCC1(CC)CCN(C(=O)C(C(=O)O)C(C)(C)C)C1. The van der Waals surface area contributed by atoms with Crippen LogP contribution in [0.4, 0.5) is 0 Å². The predicted molar refractivity (Wildman–Crippen MR) is 74.8 cm³/mol. The number of carbonyl (C=O) groups is 2. The van der Waals surface area contributed by atoms with Crippen LogP contribution in [-0.2, 0) is 9.59 Å². The molecule has 1 aliphatic heterocycles. The molecule has 1 N–H and O–H groups in total. The lowest BCUT2D eigenvalue weighted by Crippen LogP contribution is -2.45. The van der Waals surface area contributed by atoms with Gasteiger partial charge in [0.1, 0.15) is 5.92 Å². The van der Waals surface area contributed by atoms with E-state index in [1.54, 1.807) is 4.90 Å². The zero-order valence-electron chi connectivity index (χ0n) is 12.8. The molecule has 0 aromatic heterocycles. The Morgan fingerprint density at radius 3 is 2.11 bits per heavy atom. The average Bonchev–Trinajstić information content (AvgIpc) is 2.71. The summed E-state index contributed by atoms with van der Waals surface area (Å²) in [5.41, 5.74) is -0.358. The van der Waals surface area contributed by atoms with Crippen molar-refractivity contribution in [2.75, 3.05) is 13.1 Å². The van der Waals surface area contributed by atoms with Gasteiger partial charge in [-0.1, -0.05) is 34.6 Å². The van der Waals surface area contributed by atoms with E-state index in [1.807, 2.05) is 20.8 Å². The lowest BCUT2D eigenvalue weighted by atomic mass is 9.79. The Morgan fingerprint density at radius 2 is 1.79 bits per heavy atom. The minimum Gasteiger partial charge on any atom is -0.481 e. The second kappa shape index (κ2) is 5.51. The zero-order chi connectivity index (χ0) is 14.8. The van der Waals surface area contributed by atoms with Crippen molar-refractivity contribution in [1.29, 1.82) is 0 Å². The lowest BCUT2D eigenvalue weighted by Gasteiger charge is -2.31. The van der Waals surface area contributed by atoms with Gasteiger partial charge in [0.15, 0.2) is 0 Å². The summed E-state index contributed by atoms with van der Waals surface area (Å²) in [7, 11) is 0. The quantitative estimate of drug-likeness (QED) is 0.798. The fourth-order valence-corrected chi connectivity index (χ4v) is 2.98. The summed E-state index contributed by atoms with van der Waals surface area (Å²) in [6.45, 7) is 11.1. The summed E-state index contributed by atoms with van der Waals surface area (Å²) in [6.07, 6.45) is 3.07. The van der Waals surface area contributed by atoms with Crippen LogP contribution in [0, 0.1) is 16.7 Å². The van der Waals surface area contributed by atoms with Crippen molar-refractivity contribution in [3.8, 4) is 0 Å². The van der Waals surface area contributed by atoms with Crippen LogP contribution >= 0.6 is 0 Å². The third-order valence-corrected chi connectivity index (χ3v) is 4.61. The molecule has 0 saturated carbocycles. The standard InChI is InChI=1S/C15H27NO3/c1-6-15(7-2)8-9-16(10-15)12(17)11(13(18)19)14(3,4)5/h11H,6-10H2,1-5H3,(H,18,19). The Labute approximate surface area is 116 Å². The molecule has 1 unspecified atom stereocenters. The Morgan fingerprint density at radius 1 is 1.26 bits per heavy atom. The van der Waals surface area contributed by atoms with Gasteiger partial charge in [-0.05, 0) is 30.1 Å². The molecule has 0 bridgehead atoms. The molecule has 1 saturated heterocycles. The number of rotatable bonds is 4. The number of likely N-dealkylation sites (tertiary alicyclic amines) is 1. The highest BCUT2D eigenvalue weighted by atomic mass is 16.4. The minimum absolute atomic E-state index is 0.191. The van der Waals surface area contributed by atoms with Crippen LogP contribution in [-0.4, -0.2) is 35.0 Å². The highest BCUT2D eigenvalue weighted by molar-refractivity contribution is 5.97. The summed E-state index contributed by atoms with van der Waals surface area (Å²) in [5.74, 6) is -2.18. The average molecular weight is 269 g/mol. The first-order chi connectivity index (χ1) is 8.67. The van der Waals surface area contributed by atoms with Gasteiger partial charge in [0.2, 0.25) is 5.91 Å². The minimum atomic E-state index is -1.01. The molecule has 1 atom stereocenters. The number of carboxylic acid groups (broad SMARTS) is 1. The van der Waals surface area contributed by atoms with Crippen molar-refractivity contribution in [1.82, 2.24) is 4.90 Å². The molecule has 4 heteroatoms. The summed E-state index contributed by atoms with van der Waals surface area (Å²) in [4.78, 5) is 25.7. The lowest BCUT2D eigenvalue weighted by molar-refractivity contribution is -0.155. The van der Waals surface area contributed by atoms with E-state index in [9.17, 15) is 14.7 Å². The van der Waals surface area contributed by atoms with Crippen molar-refractivity contribution in [3.63, 3.8) is 0 Å². The third kappa shape index (κ3) is 3.28. The number of aliphatic carboxylic acids is 1. The van der Waals surface area contributed by atoms with E-state index in [0.29, 0.717) is 13.1 Å². The van der Waals surface area contributed by atoms with Gasteiger partial charge in [-0.25, -0.2) is 0 Å². The van der Waals surface area contributed by atoms with Crippen LogP contribution < -0.4 is 0 Å². The first-order valence-corrected chi connectivity index (χ1v) is 7.18. The molecule has 1 amide bonds. The molecule has 1 rings (SSSR count). The van der Waals surface area contributed by atoms with Crippen LogP contribution in [0.15, 0.2) is 0 Å². The van der Waals surface area contributed by atoms with Crippen LogP contribution in [0.2, 0.25) is 0 Å². The van der Waals surface area contributed by atoms with Gasteiger partial charge in [0, 0.05) is 13.1 Å². The Hall–Kier alpha value is -1.06. The molecule has 4 nitrogen and oxygen atoms in total. The second-order valence-electron chi connectivity index (χ2n) is 6.85. The Bertz CT molecular complexity index is 353. The van der Waals surface area contributed by atoms with E-state index in [-0.39, 0.29) is 11.3 Å². The van der Waals surface area contributed by atoms with Crippen LogP contribution in [0.3, 0.4) is 0 Å². The van der Waals surface area contributed by atoms with E-state index in [1.165, 1.54) is 0 Å². The van der Waals surface area contributed by atoms with E-state index < -0.39 is 17.3 Å². The van der Waals surface area contributed by atoms with E-state index in [2.05, 4.69) is 13.8 Å². The molecular weight excluding hydrogens is 242 g/mol. The fourth-order valence-electron chi connectivity index (χ4n) is 2.98. The molecule has 0 radical (unpaired) electrons. The van der Waals surface area contributed by atoms with E-state index in [0.717, 1.165) is 19.3 Å². The molecular formula is C15H27NO3. The summed E-state index contributed by atoms with van der Waals surface area (Å²) in [5, 5.41) is 9.34. The molecule has 19 heavy (non-hydrogen) atoms. The van der Waals surface area contributed by atoms with Crippen molar-refractivity contribution in [2.45, 2.75) is 53.9 Å². The summed E-state index contributed by atoms with van der Waals surface area (Å²) < 4.78 is 0. The number of nitrogens with zero attached hydrogens (tertiary/aromatic N) is 1. The van der Waals surface area contributed by atoms with Crippen molar-refractivity contribution in [2.24, 2.45) is 16.7 Å². The number of amides is 1. The van der Waals surface area contributed by atoms with Gasteiger partial charge in [-0.2, -0.15) is 0 Å². The van der Waals surface area contributed by atoms with Crippen LogP contribution in [0.1, 0.15) is 53.9 Å². The molecule has 1 aliphatic rings. The van der Waals surface area contributed by atoms with Crippen LogP contribution in [0.5, 0.6) is 0 Å². The van der Waals surface area contributed by atoms with Crippen molar-refractivity contribution < 1.29 is 14.7 Å². The molecule has 1 fully saturated rings. The third-order valence-electron chi connectivity index (χ3n) is 4.61. The normalized spacial score (nSPS) is 20.4. The largest absolute Gasteiger partial charge is 0.481 e. The molecule has 0 aromatic carbocycles. The topological polar surface area (TPSA) is 57.6 Å². The van der Waals surface area contributed by atoms with Gasteiger partial charge in [-0.15, -0.1) is 0 Å². The van der Waals surface area contributed by atoms with Gasteiger partial charge >= 0.3 is 5.97 Å². The number of carboxylic acids is 1. The van der Waals surface area contributed by atoms with Gasteiger partial charge in [0.05, 0.1) is 0 Å². The number of hydrogen-bond acceptors (Lipinski definition) is 2. The monoisotopic (exact) mass is 269 g/mol. The maximum absolute atomic E-state index is 12.5. The molecule has 0 spiro atoms. The van der Waals surface area contributed by atoms with E-state index >= 15 is 0 Å². The number of carbonyl (C=O) groups excluding carboxylic acids is 1. The van der Waals surface area contributed by atoms with Gasteiger partial charge in [0.25, 0.3) is 0 Å². The second-order valence-corrected chi connectivity index (χ2v) is 6.85. The maximum Gasteiger partial charge on any atom is 0.316 e. The smallest absolute Gasteiger partial charge is 0.316 e. The highest BCUT2D eigenvalue weighted by Gasteiger charge is 2.44. The molecule has 0 aromatic rings. The maximum atomic E-state index is 12.5. The van der Waals surface area contributed by atoms with Crippen molar-refractivity contribution >= 4 is 11.9 Å². The fraction of sp³-hybridized carbons (Fsp3) is 0.867. The van der Waals surface area contributed by atoms with E-state index in [4.69, 9.17) is 0 Å². The first-order valence-electron chi connectivity index (χ1n) is 7.18. The Kier molecular flexibility index (Phi) is 4.64. The highest BCUT2D eigenvalue weighted by Crippen LogP contribution is 2.39. The van der Waals surface area contributed by atoms with Crippen LogP contribution in [0.25, 0.3) is 0 Å². The predicted octanol–water partition coefficient (Wildman–Crippen LogP) is 2.77. The van der Waals surface area contributed by atoms with Gasteiger partial charge < -0.3 is 10.0 Å². The van der Waals surface area contributed by atoms with Gasteiger partial charge in [-0.3, -0.25) is 9.59 Å². The Balaban J connectivity index is 2.87. The first kappa shape index (κ1) is 16.0.